The molecule has 17 heavy (non-hydrogen) atoms. The number of hydrogen-bond donors (Lipinski definition) is 2. The second kappa shape index (κ2) is 5.38. The zero-order valence-electron chi connectivity index (χ0n) is 10.0. The van der Waals surface area contributed by atoms with Crippen molar-refractivity contribution in [2.24, 2.45) is 5.73 Å². The Bertz CT molecular complexity index is 432. The minimum Gasteiger partial charge on any atom is -0.495 e. The van der Waals surface area contributed by atoms with E-state index in [0.717, 1.165) is 5.56 Å². The first-order valence-electron chi connectivity index (χ1n) is 5.24. The molecule has 0 radical (unpaired) electrons. The molecule has 94 valence electrons. The number of nitrogens with two attached hydrogens (primary N) is 1. The standard InChI is InChI=1S/C12H16ClNO3/c1-6(2)7-5-10(17-3)9(13)4-8(7)11(14)12(15)16/h4-6,11H,14H2,1-3H3,(H,15,16). The van der Waals surface area contributed by atoms with E-state index < -0.39 is 12.0 Å². The number of benzene rings is 1. The molecule has 1 atom stereocenters. The first-order valence-corrected chi connectivity index (χ1v) is 5.62. The fourth-order valence-electron chi connectivity index (χ4n) is 1.64. The summed E-state index contributed by atoms with van der Waals surface area (Å²) in [6.45, 7) is 3.92. The topological polar surface area (TPSA) is 72.5 Å². The Morgan fingerprint density at radius 1 is 1.41 bits per heavy atom. The molecule has 4 nitrogen and oxygen atoms in total. The van der Waals surface area contributed by atoms with Gasteiger partial charge in [0.1, 0.15) is 11.8 Å². The molecule has 1 rings (SSSR count). The van der Waals surface area contributed by atoms with Crippen molar-refractivity contribution in [2.75, 3.05) is 7.11 Å². The van der Waals surface area contributed by atoms with Gasteiger partial charge in [0.05, 0.1) is 12.1 Å². The second-order valence-electron chi connectivity index (χ2n) is 4.09. The van der Waals surface area contributed by atoms with Crippen molar-refractivity contribution in [1.29, 1.82) is 0 Å². The van der Waals surface area contributed by atoms with Crippen molar-refractivity contribution in [2.45, 2.75) is 25.8 Å². The molecule has 1 unspecified atom stereocenters. The summed E-state index contributed by atoms with van der Waals surface area (Å²) in [4.78, 5) is 10.9. The summed E-state index contributed by atoms with van der Waals surface area (Å²) in [6, 6.07) is 2.23. The smallest absolute Gasteiger partial charge is 0.325 e. The molecule has 0 aromatic heterocycles. The molecule has 3 N–H and O–H groups in total. The highest BCUT2D eigenvalue weighted by atomic mass is 35.5. The molecule has 0 amide bonds. The number of carboxylic acid groups (broad SMARTS) is 1. The van der Waals surface area contributed by atoms with Gasteiger partial charge < -0.3 is 15.6 Å². The predicted octanol–water partition coefficient (Wildman–Crippen LogP) is 2.56. The first-order chi connectivity index (χ1) is 7.88. The summed E-state index contributed by atoms with van der Waals surface area (Å²) >= 11 is 5.98. The van der Waals surface area contributed by atoms with Gasteiger partial charge in [-0.2, -0.15) is 0 Å². The minimum atomic E-state index is -1.08. The van der Waals surface area contributed by atoms with Crippen LogP contribution in [0, 0.1) is 0 Å². The molecule has 0 aliphatic rings. The SMILES string of the molecule is COc1cc(C(C)C)c(C(N)C(=O)O)cc1Cl. The van der Waals surface area contributed by atoms with E-state index in [-0.39, 0.29) is 5.92 Å². The maximum absolute atomic E-state index is 10.9. The summed E-state index contributed by atoms with van der Waals surface area (Å²) in [5.41, 5.74) is 7.00. The van der Waals surface area contributed by atoms with Crippen molar-refractivity contribution in [3.8, 4) is 5.75 Å². The van der Waals surface area contributed by atoms with Crippen LogP contribution in [-0.2, 0) is 4.79 Å². The highest BCUT2D eigenvalue weighted by Gasteiger charge is 2.21. The van der Waals surface area contributed by atoms with E-state index in [1.165, 1.54) is 7.11 Å². The molecule has 0 aliphatic carbocycles. The van der Waals surface area contributed by atoms with Crippen LogP contribution in [0.3, 0.4) is 0 Å². The maximum Gasteiger partial charge on any atom is 0.325 e. The minimum absolute atomic E-state index is 0.140. The van der Waals surface area contributed by atoms with E-state index in [4.69, 9.17) is 27.2 Å². The molecule has 0 saturated heterocycles. The lowest BCUT2D eigenvalue weighted by molar-refractivity contribution is -0.138. The molecule has 0 aliphatic heterocycles. The molecule has 1 aromatic carbocycles. The number of aliphatic carboxylic acids is 1. The van der Waals surface area contributed by atoms with Gasteiger partial charge in [-0.15, -0.1) is 0 Å². The molecular weight excluding hydrogens is 242 g/mol. The highest BCUT2D eigenvalue weighted by Crippen LogP contribution is 2.34. The Hall–Kier alpha value is -1.26. The van der Waals surface area contributed by atoms with Crippen molar-refractivity contribution in [3.63, 3.8) is 0 Å². The van der Waals surface area contributed by atoms with Crippen molar-refractivity contribution in [1.82, 2.24) is 0 Å². The van der Waals surface area contributed by atoms with Gasteiger partial charge in [0.25, 0.3) is 0 Å². The quantitative estimate of drug-likeness (QED) is 0.870. The number of carboxylic acids is 1. The average Bonchev–Trinajstić information content (AvgIpc) is 2.27. The van der Waals surface area contributed by atoms with E-state index in [9.17, 15) is 4.79 Å². The van der Waals surface area contributed by atoms with Gasteiger partial charge in [0, 0.05) is 0 Å². The lowest BCUT2D eigenvalue weighted by Gasteiger charge is -2.18. The molecule has 0 spiro atoms. The number of carbonyl (C=O) groups is 1. The van der Waals surface area contributed by atoms with Crippen LogP contribution in [-0.4, -0.2) is 18.2 Å². The molecule has 1 aromatic rings. The van der Waals surface area contributed by atoms with Crippen LogP contribution in [0.5, 0.6) is 5.75 Å². The van der Waals surface area contributed by atoms with Crippen LogP contribution in [0.25, 0.3) is 0 Å². The van der Waals surface area contributed by atoms with Gasteiger partial charge in [-0.3, -0.25) is 4.79 Å². The van der Waals surface area contributed by atoms with E-state index in [2.05, 4.69) is 0 Å². The molecule has 5 heteroatoms. The third-order valence-electron chi connectivity index (χ3n) is 2.58. The maximum atomic E-state index is 10.9. The third kappa shape index (κ3) is 2.90. The lowest BCUT2D eigenvalue weighted by atomic mass is 9.93. The van der Waals surface area contributed by atoms with Crippen LogP contribution in [0.4, 0.5) is 0 Å². The van der Waals surface area contributed by atoms with Crippen LogP contribution in [0.15, 0.2) is 12.1 Å². The van der Waals surface area contributed by atoms with E-state index in [1.54, 1.807) is 12.1 Å². The second-order valence-corrected chi connectivity index (χ2v) is 4.49. The van der Waals surface area contributed by atoms with Crippen molar-refractivity contribution >= 4 is 17.6 Å². The molecular formula is C12H16ClNO3. The summed E-state index contributed by atoms with van der Waals surface area (Å²) in [7, 11) is 1.52. The normalized spacial score (nSPS) is 12.6. The first kappa shape index (κ1) is 13.8. The summed E-state index contributed by atoms with van der Waals surface area (Å²) in [6.07, 6.45) is 0. The third-order valence-corrected chi connectivity index (χ3v) is 2.88. The van der Waals surface area contributed by atoms with Gasteiger partial charge in [0.15, 0.2) is 0 Å². The molecule has 0 heterocycles. The van der Waals surface area contributed by atoms with Crippen LogP contribution >= 0.6 is 11.6 Å². The van der Waals surface area contributed by atoms with E-state index in [0.29, 0.717) is 16.3 Å². The Labute approximate surface area is 105 Å². The summed E-state index contributed by atoms with van der Waals surface area (Å²) in [5.74, 6) is -0.411. The van der Waals surface area contributed by atoms with E-state index in [1.807, 2.05) is 13.8 Å². The summed E-state index contributed by atoms with van der Waals surface area (Å²) in [5, 5.41) is 9.32. The number of ether oxygens (including phenoxy) is 1. The Morgan fingerprint density at radius 3 is 2.41 bits per heavy atom. The van der Waals surface area contributed by atoms with Crippen LogP contribution in [0.2, 0.25) is 5.02 Å². The van der Waals surface area contributed by atoms with Gasteiger partial charge in [-0.25, -0.2) is 0 Å². The fourth-order valence-corrected chi connectivity index (χ4v) is 1.89. The van der Waals surface area contributed by atoms with Crippen molar-refractivity contribution < 1.29 is 14.6 Å². The van der Waals surface area contributed by atoms with E-state index >= 15 is 0 Å². The molecule has 0 bridgehead atoms. The predicted molar refractivity (Wildman–Crippen MR) is 66.7 cm³/mol. The Balaban J connectivity index is 3.37. The number of hydrogen-bond acceptors (Lipinski definition) is 3. The zero-order chi connectivity index (χ0) is 13.2. The van der Waals surface area contributed by atoms with Gasteiger partial charge >= 0.3 is 5.97 Å². The number of halogens is 1. The Morgan fingerprint density at radius 2 is 2.00 bits per heavy atom. The Kier molecular flexibility index (Phi) is 4.37. The molecule has 0 saturated carbocycles. The zero-order valence-corrected chi connectivity index (χ0v) is 10.8. The number of rotatable bonds is 4. The number of methoxy groups -OCH3 is 1. The van der Waals surface area contributed by atoms with Gasteiger partial charge in [0.2, 0.25) is 0 Å². The lowest BCUT2D eigenvalue weighted by Crippen LogP contribution is -2.22. The van der Waals surface area contributed by atoms with Gasteiger partial charge in [-0.1, -0.05) is 25.4 Å². The summed E-state index contributed by atoms with van der Waals surface area (Å²) < 4.78 is 5.11. The highest BCUT2D eigenvalue weighted by molar-refractivity contribution is 6.32. The monoisotopic (exact) mass is 257 g/mol. The van der Waals surface area contributed by atoms with Crippen molar-refractivity contribution in [3.05, 3.63) is 28.3 Å². The van der Waals surface area contributed by atoms with Crippen LogP contribution < -0.4 is 10.5 Å². The average molecular weight is 258 g/mol. The fraction of sp³-hybridized carbons (Fsp3) is 0.417. The molecule has 0 fully saturated rings. The van der Waals surface area contributed by atoms with Gasteiger partial charge in [-0.05, 0) is 29.2 Å². The van der Waals surface area contributed by atoms with Crippen LogP contribution in [0.1, 0.15) is 36.9 Å². The largest absolute Gasteiger partial charge is 0.495 e.